The van der Waals surface area contributed by atoms with Crippen molar-refractivity contribution in [1.29, 1.82) is 0 Å². The third kappa shape index (κ3) is 3.31. The summed E-state index contributed by atoms with van der Waals surface area (Å²) in [5.74, 6) is 0.0899. The van der Waals surface area contributed by atoms with Crippen LogP contribution in [0.1, 0.15) is 25.7 Å². The number of carbonyl (C=O) groups is 1. The highest BCUT2D eigenvalue weighted by atomic mass is 32.2. The molecular formula is C15H20N2O4S. The van der Waals surface area contributed by atoms with Crippen LogP contribution in [0.5, 0.6) is 0 Å². The fraction of sp³-hybridized carbons (Fsp3) is 0.533. The molecule has 0 aliphatic carbocycles. The first kappa shape index (κ1) is 15.5. The number of hydrogen-bond donors (Lipinski definition) is 1. The van der Waals surface area contributed by atoms with Crippen LogP contribution in [0.25, 0.3) is 0 Å². The molecule has 3 rings (SSSR count). The second-order valence-electron chi connectivity index (χ2n) is 5.63. The first-order valence-corrected chi connectivity index (χ1v) is 9.06. The normalized spacial score (nSPS) is 22.5. The molecule has 1 aromatic carbocycles. The molecule has 1 aromatic rings. The number of anilines is 1. The van der Waals surface area contributed by atoms with Crippen molar-refractivity contribution in [3.8, 4) is 0 Å². The van der Waals surface area contributed by atoms with Crippen LogP contribution in [0, 0.1) is 0 Å². The molecule has 2 aliphatic rings. The third-order valence-corrected chi connectivity index (χ3v) is 5.50. The smallest absolute Gasteiger partial charge is 0.240 e. The summed E-state index contributed by atoms with van der Waals surface area (Å²) in [5, 5.41) is 0. The van der Waals surface area contributed by atoms with Gasteiger partial charge in [0.15, 0.2) is 0 Å². The average molecular weight is 324 g/mol. The van der Waals surface area contributed by atoms with Gasteiger partial charge >= 0.3 is 0 Å². The zero-order valence-corrected chi connectivity index (χ0v) is 13.1. The molecule has 120 valence electrons. The highest BCUT2D eigenvalue weighted by molar-refractivity contribution is 7.89. The van der Waals surface area contributed by atoms with E-state index in [1.807, 2.05) is 0 Å². The summed E-state index contributed by atoms with van der Waals surface area (Å²) in [7, 11) is -3.54. The lowest BCUT2D eigenvalue weighted by molar-refractivity contribution is -0.117. The number of benzene rings is 1. The summed E-state index contributed by atoms with van der Waals surface area (Å²) in [6.07, 6.45) is 3.24. The summed E-state index contributed by atoms with van der Waals surface area (Å²) in [5.41, 5.74) is 0.751. The minimum atomic E-state index is -3.54. The highest BCUT2D eigenvalue weighted by Gasteiger charge is 2.23. The Balaban J connectivity index is 1.67. The Kier molecular flexibility index (Phi) is 4.46. The van der Waals surface area contributed by atoms with E-state index >= 15 is 0 Å². The van der Waals surface area contributed by atoms with Crippen molar-refractivity contribution in [3.63, 3.8) is 0 Å². The van der Waals surface area contributed by atoms with E-state index < -0.39 is 10.0 Å². The molecule has 22 heavy (non-hydrogen) atoms. The molecule has 0 radical (unpaired) electrons. The van der Waals surface area contributed by atoms with Crippen molar-refractivity contribution < 1.29 is 17.9 Å². The third-order valence-electron chi connectivity index (χ3n) is 4.06. The van der Waals surface area contributed by atoms with Crippen LogP contribution in [-0.2, 0) is 19.6 Å². The summed E-state index contributed by atoms with van der Waals surface area (Å²) >= 11 is 0. The van der Waals surface area contributed by atoms with Crippen molar-refractivity contribution in [2.24, 2.45) is 0 Å². The standard InChI is InChI=1S/C15H20N2O4S/c18-15-4-1-9-17(15)12-5-7-14(8-6-12)22(19,20)16-11-13-3-2-10-21-13/h5-8,13,16H,1-4,9-11H2/t13-/m0/s1. The molecular weight excluding hydrogens is 304 g/mol. The summed E-state index contributed by atoms with van der Waals surface area (Å²) in [6, 6.07) is 6.45. The van der Waals surface area contributed by atoms with Crippen LogP contribution in [-0.4, -0.2) is 40.1 Å². The van der Waals surface area contributed by atoms with Crippen LogP contribution in [0.15, 0.2) is 29.2 Å². The van der Waals surface area contributed by atoms with E-state index in [4.69, 9.17) is 4.74 Å². The Morgan fingerprint density at radius 2 is 2.00 bits per heavy atom. The van der Waals surface area contributed by atoms with Gasteiger partial charge in [-0.2, -0.15) is 0 Å². The number of nitrogens with zero attached hydrogens (tertiary/aromatic N) is 1. The Hall–Kier alpha value is -1.44. The van der Waals surface area contributed by atoms with Gasteiger partial charge in [0.05, 0.1) is 11.0 Å². The molecule has 0 unspecified atom stereocenters. The number of rotatable bonds is 5. The molecule has 0 spiro atoms. The largest absolute Gasteiger partial charge is 0.377 e. The van der Waals surface area contributed by atoms with Crippen LogP contribution in [0.2, 0.25) is 0 Å². The molecule has 1 N–H and O–H groups in total. The van der Waals surface area contributed by atoms with Crippen LogP contribution in [0.4, 0.5) is 5.69 Å². The van der Waals surface area contributed by atoms with E-state index in [9.17, 15) is 13.2 Å². The minimum Gasteiger partial charge on any atom is -0.377 e. The van der Waals surface area contributed by atoms with Gasteiger partial charge in [-0.3, -0.25) is 4.79 Å². The van der Waals surface area contributed by atoms with Crippen molar-refractivity contribution in [1.82, 2.24) is 4.72 Å². The molecule has 7 heteroatoms. The van der Waals surface area contributed by atoms with Crippen molar-refractivity contribution in [3.05, 3.63) is 24.3 Å². The average Bonchev–Trinajstić information content (AvgIpc) is 3.17. The Labute approximate surface area is 130 Å². The fourth-order valence-corrected chi connectivity index (χ4v) is 3.88. The lowest BCUT2D eigenvalue weighted by atomic mass is 10.2. The Morgan fingerprint density at radius 3 is 2.59 bits per heavy atom. The predicted octanol–water partition coefficient (Wildman–Crippen LogP) is 1.27. The Morgan fingerprint density at radius 1 is 1.23 bits per heavy atom. The van der Waals surface area contributed by atoms with Crippen molar-refractivity contribution in [2.45, 2.75) is 36.7 Å². The molecule has 0 bridgehead atoms. The minimum absolute atomic E-state index is 0.0312. The predicted molar refractivity (Wildman–Crippen MR) is 82.2 cm³/mol. The van der Waals surface area contributed by atoms with Crippen LogP contribution >= 0.6 is 0 Å². The molecule has 2 aliphatic heterocycles. The molecule has 1 atom stereocenters. The molecule has 2 heterocycles. The van der Waals surface area contributed by atoms with Gasteiger partial charge in [0.25, 0.3) is 0 Å². The van der Waals surface area contributed by atoms with E-state index in [1.54, 1.807) is 29.2 Å². The van der Waals surface area contributed by atoms with Gasteiger partial charge in [0.2, 0.25) is 15.9 Å². The maximum atomic E-state index is 12.2. The van der Waals surface area contributed by atoms with Gasteiger partial charge in [-0.1, -0.05) is 0 Å². The zero-order chi connectivity index (χ0) is 15.6. The van der Waals surface area contributed by atoms with Gasteiger partial charge in [-0.15, -0.1) is 0 Å². The van der Waals surface area contributed by atoms with Crippen molar-refractivity contribution >= 4 is 21.6 Å². The van der Waals surface area contributed by atoms with Gasteiger partial charge in [0, 0.05) is 31.8 Å². The maximum absolute atomic E-state index is 12.2. The number of carbonyl (C=O) groups excluding carboxylic acids is 1. The second kappa shape index (κ2) is 6.36. The van der Waals surface area contributed by atoms with Gasteiger partial charge in [-0.05, 0) is 43.5 Å². The van der Waals surface area contributed by atoms with E-state index in [0.717, 1.165) is 24.9 Å². The summed E-state index contributed by atoms with van der Waals surface area (Å²) in [6.45, 7) is 1.70. The quantitative estimate of drug-likeness (QED) is 0.885. The highest BCUT2D eigenvalue weighted by Crippen LogP contribution is 2.23. The monoisotopic (exact) mass is 324 g/mol. The van der Waals surface area contributed by atoms with E-state index in [2.05, 4.69) is 4.72 Å². The topological polar surface area (TPSA) is 75.7 Å². The lowest BCUT2D eigenvalue weighted by Crippen LogP contribution is -2.31. The fourth-order valence-electron chi connectivity index (χ4n) is 2.82. The lowest BCUT2D eigenvalue weighted by Gasteiger charge is -2.16. The van der Waals surface area contributed by atoms with Gasteiger partial charge in [0.1, 0.15) is 0 Å². The summed E-state index contributed by atoms with van der Waals surface area (Å²) < 4.78 is 32.5. The first-order chi connectivity index (χ1) is 10.6. The maximum Gasteiger partial charge on any atom is 0.240 e. The summed E-state index contributed by atoms with van der Waals surface area (Å²) in [4.78, 5) is 13.6. The number of hydrogen-bond acceptors (Lipinski definition) is 4. The van der Waals surface area contributed by atoms with Crippen LogP contribution in [0.3, 0.4) is 0 Å². The van der Waals surface area contributed by atoms with E-state index in [-0.39, 0.29) is 16.9 Å². The number of ether oxygens (including phenoxy) is 1. The first-order valence-electron chi connectivity index (χ1n) is 7.58. The molecule has 2 saturated heterocycles. The Bertz CT molecular complexity index is 636. The molecule has 0 aromatic heterocycles. The van der Waals surface area contributed by atoms with Crippen molar-refractivity contribution in [2.75, 3.05) is 24.6 Å². The van der Waals surface area contributed by atoms with E-state index in [0.29, 0.717) is 26.1 Å². The molecule has 2 fully saturated rings. The number of nitrogens with one attached hydrogen (secondary N) is 1. The van der Waals surface area contributed by atoms with Gasteiger partial charge < -0.3 is 9.64 Å². The zero-order valence-electron chi connectivity index (χ0n) is 12.3. The van der Waals surface area contributed by atoms with Gasteiger partial charge in [-0.25, -0.2) is 13.1 Å². The molecule has 1 amide bonds. The second-order valence-corrected chi connectivity index (χ2v) is 7.40. The van der Waals surface area contributed by atoms with E-state index in [1.165, 1.54) is 0 Å². The number of amides is 1. The number of sulfonamides is 1. The molecule has 0 saturated carbocycles. The molecule has 6 nitrogen and oxygen atoms in total. The SMILES string of the molecule is O=C1CCCN1c1ccc(S(=O)(=O)NC[C@@H]2CCCO2)cc1. The van der Waals surface area contributed by atoms with Crippen LogP contribution < -0.4 is 9.62 Å².